The second-order valence-electron chi connectivity index (χ2n) is 20.5. The number of hydrogen-bond donors (Lipinski definition) is 0. The predicted molar refractivity (Wildman–Crippen MR) is 286 cm³/mol. The van der Waals surface area contributed by atoms with E-state index in [2.05, 4.69) is 198 Å². The van der Waals surface area contributed by atoms with Crippen molar-refractivity contribution in [1.29, 1.82) is 0 Å². The molecule has 0 atom stereocenters. The van der Waals surface area contributed by atoms with Crippen LogP contribution in [0.1, 0.15) is 44.5 Å². The average Bonchev–Trinajstić information content (AvgIpc) is 3.81. The molecular formula is C62H46B2N2O2. The quantitative estimate of drug-likeness (QED) is 0.162. The van der Waals surface area contributed by atoms with Gasteiger partial charge in [0.15, 0.2) is 0 Å². The van der Waals surface area contributed by atoms with Gasteiger partial charge in [0, 0.05) is 50.0 Å². The molecule has 68 heavy (non-hydrogen) atoms. The van der Waals surface area contributed by atoms with Gasteiger partial charge in [0.1, 0.15) is 23.0 Å². The zero-order valence-corrected chi connectivity index (χ0v) is 39.6. The minimum atomic E-state index is -0.0662. The summed E-state index contributed by atoms with van der Waals surface area (Å²) in [6.07, 6.45) is 0. The Morgan fingerprint density at radius 2 is 0.868 bits per heavy atom. The lowest BCUT2D eigenvalue weighted by Gasteiger charge is -2.37. The minimum absolute atomic E-state index is 0.0644. The van der Waals surface area contributed by atoms with Gasteiger partial charge in [-0.15, -0.1) is 0 Å². The largest absolute Gasteiger partial charge is 0.458 e. The van der Waals surface area contributed by atoms with Crippen molar-refractivity contribution >= 4 is 89.8 Å². The van der Waals surface area contributed by atoms with Crippen LogP contribution in [0.2, 0.25) is 0 Å². The van der Waals surface area contributed by atoms with Crippen LogP contribution in [0.15, 0.2) is 133 Å². The van der Waals surface area contributed by atoms with Crippen molar-refractivity contribution in [2.45, 2.75) is 55.4 Å². The van der Waals surface area contributed by atoms with E-state index in [1.54, 1.807) is 0 Å². The number of ether oxygens (including phenoxy) is 2. The fourth-order valence-electron chi connectivity index (χ4n) is 13.4. The summed E-state index contributed by atoms with van der Waals surface area (Å²) in [5.74, 6) is 3.51. The molecule has 6 heterocycles. The molecule has 0 amide bonds. The third kappa shape index (κ3) is 4.82. The van der Waals surface area contributed by atoms with Gasteiger partial charge in [0.2, 0.25) is 0 Å². The molecule has 4 aliphatic heterocycles. The first kappa shape index (κ1) is 38.4. The lowest BCUT2D eigenvalue weighted by Crippen LogP contribution is -2.62. The van der Waals surface area contributed by atoms with Crippen LogP contribution >= 0.6 is 0 Å². The summed E-state index contributed by atoms with van der Waals surface area (Å²) in [6, 6.07) is 50.9. The monoisotopic (exact) mass is 872 g/mol. The highest BCUT2D eigenvalue weighted by Gasteiger charge is 2.46. The van der Waals surface area contributed by atoms with Gasteiger partial charge in [-0.1, -0.05) is 95.1 Å². The van der Waals surface area contributed by atoms with Crippen molar-refractivity contribution < 1.29 is 9.47 Å². The Hall–Kier alpha value is -7.69. The zero-order chi connectivity index (χ0) is 45.8. The molecule has 0 N–H and O–H groups in total. The first-order chi connectivity index (χ1) is 33.0. The first-order valence-corrected chi connectivity index (χ1v) is 24.1. The topological polar surface area (TPSA) is 28.3 Å². The minimum Gasteiger partial charge on any atom is -0.458 e. The van der Waals surface area contributed by atoms with Crippen molar-refractivity contribution in [3.8, 4) is 56.6 Å². The van der Waals surface area contributed by atoms with E-state index >= 15 is 0 Å². The number of hydrogen-bond acceptors (Lipinski definition) is 2. The van der Waals surface area contributed by atoms with E-state index in [0.717, 1.165) is 23.0 Å². The molecule has 0 aliphatic carbocycles. The summed E-state index contributed by atoms with van der Waals surface area (Å²) in [5, 5.41) is 5.16. The molecule has 0 saturated carbocycles. The molecule has 0 fully saturated rings. The molecule has 0 radical (unpaired) electrons. The molecule has 2 aromatic heterocycles. The van der Waals surface area contributed by atoms with Gasteiger partial charge < -0.3 is 18.6 Å². The van der Waals surface area contributed by atoms with Gasteiger partial charge in [0.05, 0.1) is 11.0 Å². The summed E-state index contributed by atoms with van der Waals surface area (Å²) in [4.78, 5) is 0. The summed E-state index contributed by atoms with van der Waals surface area (Å²) in [5.41, 5.74) is 29.8. The highest BCUT2D eigenvalue weighted by atomic mass is 16.5. The average molecular weight is 873 g/mol. The van der Waals surface area contributed by atoms with E-state index in [4.69, 9.17) is 9.47 Å². The van der Waals surface area contributed by atoms with E-state index in [9.17, 15) is 0 Å². The number of aryl methyl sites for hydroxylation is 8. The fraction of sp³-hybridized carbons (Fsp3) is 0.129. The maximum absolute atomic E-state index is 7.40. The van der Waals surface area contributed by atoms with Crippen molar-refractivity contribution in [1.82, 2.24) is 9.13 Å². The van der Waals surface area contributed by atoms with Gasteiger partial charge in [-0.25, -0.2) is 0 Å². The molecule has 0 saturated heterocycles. The Morgan fingerprint density at radius 1 is 0.353 bits per heavy atom. The van der Waals surface area contributed by atoms with Crippen LogP contribution in [-0.2, 0) is 0 Å². The molecule has 15 rings (SSSR count). The molecular weight excluding hydrogens is 826 g/mol. The summed E-state index contributed by atoms with van der Waals surface area (Å²) in [6.45, 7) is 17.7. The molecule has 0 unspecified atom stereocenters. The van der Waals surface area contributed by atoms with Gasteiger partial charge in [-0.2, -0.15) is 0 Å². The molecule has 9 aromatic carbocycles. The van der Waals surface area contributed by atoms with Crippen LogP contribution in [0, 0.1) is 55.4 Å². The number of benzene rings is 9. The van der Waals surface area contributed by atoms with Crippen LogP contribution in [0.4, 0.5) is 0 Å². The highest BCUT2D eigenvalue weighted by molar-refractivity contribution is 7.02. The molecule has 4 aliphatic rings. The summed E-state index contributed by atoms with van der Waals surface area (Å²) >= 11 is 0. The third-order valence-corrected chi connectivity index (χ3v) is 16.2. The number of fused-ring (bicyclic) bond motifs is 14. The summed E-state index contributed by atoms with van der Waals surface area (Å²) < 4.78 is 19.9. The van der Waals surface area contributed by atoms with Crippen LogP contribution in [0.3, 0.4) is 0 Å². The van der Waals surface area contributed by atoms with Gasteiger partial charge >= 0.3 is 0 Å². The van der Waals surface area contributed by atoms with Crippen molar-refractivity contribution in [2.24, 2.45) is 0 Å². The van der Waals surface area contributed by atoms with Gasteiger partial charge in [0.25, 0.3) is 13.4 Å². The Kier molecular flexibility index (Phi) is 7.37. The number of nitrogens with zero attached hydrogens (tertiary/aromatic N) is 2. The Bertz CT molecular complexity index is 4170. The van der Waals surface area contributed by atoms with Crippen molar-refractivity contribution in [2.75, 3.05) is 0 Å². The molecule has 4 nitrogen and oxygen atoms in total. The molecule has 0 bridgehead atoms. The fourth-order valence-corrected chi connectivity index (χ4v) is 13.4. The van der Waals surface area contributed by atoms with Crippen LogP contribution < -0.4 is 42.3 Å². The molecule has 0 spiro atoms. The molecule has 6 heteroatoms. The maximum Gasteiger partial charge on any atom is 0.256 e. The SMILES string of the molecule is Cc1ccc2c(c1)c1cc(C)cc3c1n2-c1cc(-c2c(C)cccc2C)cc2c1B3c1cc3c(cc1O2)Oc1cc(-c2c(C)cccc2C)cc2c1B3c1c(C)ccc3c4cc(C)ccc4n-2c13. The van der Waals surface area contributed by atoms with Crippen molar-refractivity contribution in [3.63, 3.8) is 0 Å². The smallest absolute Gasteiger partial charge is 0.256 e. The Balaban J connectivity index is 1.05. The van der Waals surface area contributed by atoms with E-state index in [1.165, 1.54) is 155 Å². The number of rotatable bonds is 2. The predicted octanol–water partition coefficient (Wildman–Crippen LogP) is 11.6. The van der Waals surface area contributed by atoms with Crippen LogP contribution in [0.5, 0.6) is 23.0 Å². The summed E-state index contributed by atoms with van der Waals surface area (Å²) in [7, 11) is 0. The lowest BCUT2D eigenvalue weighted by molar-refractivity contribution is 0.465. The Morgan fingerprint density at radius 3 is 1.46 bits per heavy atom. The van der Waals surface area contributed by atoms with E-state index < -0.39 is 0 Å². The molecule has 322 valence electrons. The third-order valence-electron chi connectivity index (χ3n) is 16.2. The second kappa shape index (κ2) is 13.0. The van der Waals surface area contributed by atoms with Crippen molar-refractivity contribution in [3.05, 3.63) is 178 Å². The maximum atomic E-state index is 7.40. The lowest BCUT2D eigenvalue weighted by atomic mass is 9.31. The highest BCUT2D eigenvalue weighted by Crippen LogP contribution is 2.45. The van der Waals surface area contributed by atoms with E-state index in [1.807, 2.05) is 0 Å². The number of aromatic nitrogens is 2. The first-order valence-electron chi connectivity index (χ1n) is 24.1. The van der Waals surface area contributed by atoms with Gasteiger partial charge in [-0.05, 0) is 187 Å². The Labute approximate surface area is 396 Å². The normalized spacial score (nSPS) is 13.5. The van der Waals surface area contributed by atoms with Crippen LogP contribution in [0.25, 0.3) is 77.2 Å². The van der Waals surface area contributed by atoms with E-state index in [-0.39, 0.29) is 13.4 Å². The zero-order valence-electron chi connectivity index (χ0n) is 39.6. The standard InChI is InChI=1S/C62H46B2N2O2/c1-31-15-19-48-42(21-31)41-18-17-38(8)58-62(41)66(48)51-26-40(57-36(6)13-10-14-37(57)7)28-55-60(51)64(58)46-29-45-52(30-53(46)68-55)67-54-27-39(56-34(4)11-9-12-35(56)5)25-50-59(54)63(45)47-24-33(3)23-44-43-22-32(2)16-20-49(43)65(50)61(44)47/h9-30H,1-8H3. The van der Waals surface area contributed by atoms with Crippen LogP contribution in [-0.4, -0.2) is 22.6 Å². The second-order valence-corrected chi connectivity index (χ2v) is 20.5. The molecule has 11 aromatic rings. The van der Waals surface area contributed by atoms with E-state index in [0.29, 0.717) is 0 Å². The van der Waals surface area contributed by atoms with Gasteiger partial charge in [-0.3, -0.25) is 0 Å².